The van der Waals surface area contributed by atoms with Gasteiger partial charge in [-0.1, -0.05) is 0 Å². The fourth-order valence-electron chi connectivity index (χ4n) is 2.38. The fraction of sp³-hybridized carbons (Fsp3) is 1.00. The molecule has 0 bridgehead atoms. The highest BCUT2D eigenvalue weighted by Crippen LogP contribution is 2.04. The number of likely N-dealkylation sites (N-methyl/N-ethyl adjacent to an activating group) is 1. The zero-order valence-corrected chi connectivity index (χ0v) is 14.3. The SMILES string of the molecule is CC(CN(C)C)N(CCCN(C)C)CCCN(C)C. The van der Waals surface area contributed by atoms with Crippen molar-refractivity contribution in [3.05, 3.63) is 0 Å². The second-order valence-corrected chi connectivity index (χ2v) is 6.46. The second-order valence-electron chi connectivity index (χ2n) is 6.46. The first-order chi connectivity index (χ1) is 8.82. The molecule has 0 saturated heterocycles. The molecule has 0 radical (unpaired) electrons. The van der Waals surface area contributed by atoms with Crippen LogP contribution in [0.25, 0.3) is 0 Å². The third-order valence-corrected chi connectivity index (χ3v) is 3.35. The molecule has 0 amide bonds. The molecule has 0 heterocycles. The number of hydrogen-bond donors (Lipinski definition) is 0. The Morgan fingerprint density at radius 3 is 1.37 bits per heavy atom. The van der Waals surface area contributed by atoms with E-state index in [2.05, 4.69) is 68.8 Å². The molecule has 0 N–H and O–H groups in total. The summed E-state index contributed by atoms with van der Waals surface area (Å²) in [5, 5.41) is 0. The highest BCUT2D eigenvalue weighted by molar-refractivity contribution is 4.70. The number of nitrogens with zero attached hydrogens (tertiary/aromatic N) is 4. The summed E-state index contributed by atoms with van der Waals surface area (Å²) < 4.78 is 0. The van der Waals surface area contributed by atoms with Crippen LogP contribution in [0, 0.1) is 0 Å². The van der Waals surface area contributed by atoms with Crippen molar-refractivity contribution in [2.45, 2.75) is 25.8 Å². The van der Waals surface area contributed by atoms with Gasteiger partial charge in [0, 0.05) is 12.6 Å². The second kappa shape index (κ2) is 10.6. The molecule has 1 unspecified atom stereocenters. The van der Waals surface area contributed by atoms with E-state index in [9.17, 15) is 0 Å². The van der Waals surface area contributed by atoms with E-state index in [4.69, 9.17) is 0 Å². The van der Waals surface area contributed by atoms with Crippen molar-refractivity contribution in [1.82, 2.24) is 19.6 Å². The Hall–Kier alpha value is -0.160. The predicted molar refractivity (Wildman–Crippen MR) is 85.9 cm³/mol. The Balaban J connectivity index is 4.12. The lowest BCUT2D eigenvalue weighted by molar-refractivity contribution is 0.160. The summed E-state index contributed by atoms with van der Waals surface area (Å²) in [6.45, 7) is 8.27. The van der Waals surface area contributed by atoms with Crippen LogP contribution in [-0.2, 0) is 0 Å². The molecule has 0 rings (SSSR count). The Bertz CT molecular complexity index is 190. The van der Waals surface area contributed by atoms with E-state index in [-0.39, 0.29) is 0 Å². The molecule has 0 aromatic carbocycles. The fourth-order valence-corrected chi connectivity index (χ4v) is 2.38. The van der Waals surface area contributed by atoms with Gasteiger partial charge in [0.05, 0.1) is 0 Å². The molecule has 116 valence electrons. The van der Waals surface area contributed by atoms with Crippen LogP contribution in [0.1, 0.15) is 19.8 Å². The molecule has 0 fully saturated rings. The molecule has 1 atom stereocenters. The number of rotatable bonds is 11. The van der Waals surface area contributed by atoms with Crippen molar-refractivity contribution in [3.63, 3.8) is 0 Å². The van der Waals surface area contributed by atoms with Crippen molar-refractivity contribution in [2.24, 2.45) is 0 Å². The maximum Gasteiger partial charge on any atom is 0.0194 e. The van der Waals surface area contributed by atoms with Crippen LogP contribution in [-0.4, -0.2) is 101 Å². The third kappa shape index (κ3) is 11.4. The first kappa shape index (κ1) is 18.8. The minimum Gasteiger partial charge on any atom is -0.309 e. The predicted octanol–water partition coefficient (Wildman–Crippen LogP) is 1.14. The van der Waals surface area contributed by atoms with Crippen molar-refractivity contribution in [3.8, 4) is 0 Å². The molecule has 0 spiro atoms. The van der Waals surface area contributed by atoms with E-state index in [0.717, 1.165) is 6.54 Å². The third-order valence-electron chi connectivity index (χ3n) is 3.35. The summed E-state index contributed by atoms with van der Waals surface area (Å²) in [7, 11) is 12.9. The lowest BCUT2D eigenvalue weighted by Gasteiger charge is -2.31. The Labute approximate surface area is 121 Å². The van der Waals surface area contributed by atoms with Crippen molar-refractivity contribution < 1.29 is 0 Å². The number of hydrogen-bond acceptors (Lipinski definition) is 4. The molecular weight excluding hydrogens is 236 g/mol. The molecule has 0 aliphatic heterocycles. The van der Waals surface area contributed by atoms with E-state index in [1.54, 1.807) is 0 Å². The lowest BCUT2D eigenvalue weighted by atomic mass is 10.2. The van der Waals surface area contributed by atoms with Crippen LogP contribution in [0.3, 0.4) is 0 Å². The molecule has 0 aliphatic rings. The summed E-state index contributed by atoms with van der Waals surface area (Å²) in [5.41, 5.74) is 0. The van der Waals surface area contributed by atoms with E-state index in [0.29, 0.717) is 6.04 Å². The summed E-state index contributed by atoms with van der Waals surface area (Å²) in [6.07, 6.45) is 2.51. The summed E-state index contributed by atoms with van der Waals surface area (Å²) in [4.78, 5) is 9.48. The Morgan fingerprint density at radius 1 is 0.632 bits per heavy atom. The van der Waals surface area contributed by atoms with Gasteiger partial charge in [0.2, 0.25) is 0 Å². The molecule has 0 saturated carbocycles. The summed E-state index contributed by atoms with van der Waals surface area (Å²) >= 11 is 0. The quantitative estimate of drug-likeness (QED) is 0.559. The monoisotopic (exact) mass is 272 g/mol. The summed E-state index contributed by atoms with van der Waals surface area (Å²) in [5.74, 6) is 0. The zero-order chi connectivity index (χ0) is 14.8. The van der Waals surface area contributed by atoms with Crippen LogP contribution in [0.5, 0.6) is 0 Å². The van der Waals surface area contributed by atoms with Crippen LogP contribution in [0.4, 0.5) is 0 Å². The van der Waals surface area contributed by atoms with Crippen LogP contribution >= 0.6 is 0 Å². The van der Waals surface area contributed by atoms with E-state index in [1.807, 2.05) is 0 Å². The van der Waals surface area contributed by atoms with Crippen molar-refractivity contribution >= 4 is 0 Å². The molecular formula is C15H36N4. The maximum absolute atomic E-state index is 2.65. The minimum atomic E-state index is 0.638. The zero-order valence-electron chi connectivity index (χ0n) is 14.3. The lowest BCUT2D eigenvalue weighted by Crippen LogP contribution is -2.42. The molecule has 19 heavy (non-hydrogen) atoms. The highest BCUT2D eigenvalue weighted by atomic mass is 15.2. The van der Waals surface area contributed by atoms with Gasteiger partial charge >= 0.3 is 0 Å². The van der Waals surface area contributed by atoms with Gasteiger partial charge in [0.1, 0.15) is 0 Å². The van der Waals surface area contributed by atoms with E-state index < -0.39 is 0 Å². The minimum absolute atomic E-state index is 0.638. The smallest absolute Gasteiger partial charge is 0.0194 e. The first-order valence-corrected chi connectivity index (χ1v) is 7.51. The Kier molecular flexibility index (Phi) is 10.5. The van der Waals surface area contributed by atoms with Crippen LogP contribution in [0.2, 0.25) is 0 Å². The van der Waals surface area contributed by atoms with Crippen molar-refractivity contribution in [2.75, 3.05) is 75.0 Å². The van der Waals surface area contributed by atoms with Crippen LogP contribution in [0.15, 0.2) is 0 Å². The highest BCUT2D eigenvalue weighted by Gasteiger charge is 2.14. The Morgan fingerprint density at radius 2 is 1.05 bits per heavy atom. The van der Waals surface area contributed by atoms with E-state index in [1.165, 1.54) is 39.0 Å². The van der Waals surface area contributed by atoms with Gasteiger partial charge in [0.15, 0.2) is 0 Å². The van der Waals surface area contributed by atoms with Gasteiger partial charge in [0.25, 0.3) is 0 Å². The topological polar surface area (TPSA) is 13.0 Å². The standard InChI is InChI=1S/C15H36N4/c1-15(14-18(6)7)19(12-8-10-16(2)3)13-9-11-17(4)5/h15H,8-14H2,1-7H3. The van der Waals surface area contributed by atoms with Gasteiger partial charge in [-0.25, -0.2) is 0 Å². The van der Waals surface area contributed by atoms with Gasteiger partial charge in [-0.05, 0) is 88.2 Å². The molecule has 0 aromatic rings. The van der Waals surface area contributed by atoms with Crippen LogP contribution < -0.4 is 0 Å². The summed E-state index contributed by atoms with van der Waals surface area (Å²) in [6, 6.07) is 0.638. The first-order valence-electron chi connectivity index (χ1n) is 7.51. The van der Waals surface area contributed by atoms with Gasteiger partial charge in [-0.15, -0.1) is 0 Å². The average molecular weight is 272 g/mol. The van der Waals surface area contributed by atoms with E-state index >= 15 is 0 Å². The van der Waals surface area contributed by atoms with Gasteiger partial charge in [-0.2, -0.15) is 0 Å². The van der Waals surface area contributed by atoms with Crippen molar-refractivity contribution in [1.29, 1.82) is 0 Å². The van der Waals surface area contributed by atoms with Gasteiger partial charge < -0.3 is 14.7 Å². The molecule has 0 aliphatic carbocycles. The molecule has 0 aromatic heterocycles. The molecule has 4 heteroatoms. The van der Waals surface area contributed by atoms with Gasteiger partial charge in [-0.3, -0.25) is 4.90 Å². The average Bonchev–Trinajstić information content (AvgIpc) is 2.25. The molecule has 4 nitrogen and oxygen atoms in total. The maximum atomic E-state index is 2.65. The normalized spacial score (nSPS) is 14.1. The largest absolute Gasteiger partial charge is 0.309 e.